The summed E-state index contributed by atoms with van der Waals surface area (Å²) in [6, 6.07) is 0. The van der Waals surface area contributed by atoms with Gasteiger partial charge in [0.1, 0.15) is 23.9 Å². The maximum absolute atomic E-state index is 13.2. The number of esters is 2. The molecule has 5 rings (SSSR count). The fourth-order valence-electron chi connectivity index (χ4n) is 6.94. The molecular formula is C34H46N2O10. The molecule has 0 saturated carbocycles. The Balaban J connectivity index is 1.46. The van der Waals surface area contributed by atoms with Crippen LogP contribution in [0.3, 0.4) is 0 Å². The van der Waals surface area contributed by atoms with E-state index in [1.165, 1.54) is 19.1 Å². The van der Waals surface area contributed by atoms with E-state index >= 15 is 0 Å². The van der Waals surface area contributed by atoms with E-state index in [0.717, 1.165) is 12.0 Å². The molecule has 252 valence electrons. The Hall–Kier alpha value is -3.13. The summed E-state index contributed by atoms with van der Waals surface area (Å²) < 4.78 is 31.2. The smallest absolute Gasteiger partial charge is 0.331 e. The second kappa shape index (κ2) is 13.5. The Kier molecular flexibility index (Phi) is 10.1. The number of rotatable bonds is 8. The van der Waals surface area contributed by atoms with Crippen LogP contribution >= 0.6 is 0 Å². The number of fused-ring (bicyclic) bond motifs is 3. The highest BCUT2D eigenvalue weighted by molar-refractivity contribution is 5.86. The van der Waals surface area contributed by atoms with Crippen LogP contribution in [-0.4, -0.2) is 92.1 Å². The molecule has 10 atom stereocenters. The van der Waals surface area contributed by atoms with Gasteiger partial charge in [0.15, 0.2) is 12.4 Å². The van der Waals surface area contributed by atoms with Crippen molar-refractivity contribution >= 4 is 18.0 Å². The highest BCUT2D eigenvalue weighted by Gasteiger charge is 2.53. The summed E-state index contributed by atoms with van der Waals surface area (Å²) in [5.74, 6) is -2.75. The molecule has 46 heavy (non-hydrogen) atoms. The normalized spacial score (nSPS) is 37.6. The number of hydrogen-bond donors (Lipinski definition) is 3. The van der Waals surface area contributed by atoms with Crippen molar-refractivity contribution in [3.8, 4) is 0 Å². The number of ether oxygens (including phenoxy) is 5. The summed E-state index contributed by atoms with van der Waals surface area (Å²) in [5.41, 5.74) is 0.981. The number of imidazole rings is 1. The highest BCUT2D eigenvalue weighted by Crippen LogP contribution is 2.49. The molecule has 3 N–H and O–H groups in total. The van der Waals surface area contributed by atoms with Crippen LogP contribution in [0.2, 0.25) is 0 Å². The molecule has 0 spiro atoms. The van der Waals surface area contributed by atoms with E-state index < -0.39 is 54.0 Å². The number of carbonyl (C=O) groups is 2. The van der Waals surface area contributed by atoms with Crippen LogP contribution in [-0.2, 0) is 40.3 Å². The second-order valence-electron chi connectivity index (χ2n) is 13.4. The molecule has 1 aromatic rings. The Morgan fingerprint density at radius 3 is 2.67 bits per heavy atom. The minimum Gasteiger partial charge on any atom is -0.456 e. The minimum atomic E-state index is -1.92. The lowest BCUT2D eigenvalue weighted by atomic mass is 9.65. The van der Waals surface area contributed by atoms with Gasteiger partial charge in [0.2, 0.25) is 5.79 Å². The Morgan fingerprint density at radius 1 is 1.24 bits per heavy atom. The van der Waals surface area contributed by atoms with Gasteiger partial charge in [0, 0.05) is 31.8 Å². The van der Waals surface area contributed by atoms with Gasteiger partial charge >= 0.3 is 11.9 Å². The van der Waals surface area contributed by atoms with Gasteiger partial charge in [-0.15, -0.1) is 0 Å². The largest absolute Gasteiger partial charge is 0.456 e. The van der Waals surface area contributed by atoms with Crippen molar-refractivity contribution in [2.45, 2.75) is 89.6 Å². The predicted octanol–water partition coefficient (Wildman–Crippen LogP) is 2.59. The Labute approximate surface area is 269 Å². The van der Waals surface area contributed by atoms with E-state index in [2.05, 4.69) is 31.8 Å². The van der Waals surface area contributed by atoms with Crippen molar-refractivity contribution in [2.24, 2.45) is 30.7 Å². The number of allylic oxidation sites excluding steroid dienone is 3. The molecule has 0 amide bonds. The Morgan fingerprint density at radius 2 is 2.00 bits per heavy atom. The molecule has 1 aromatic heterocycles. The van der Waals surface area contributed by atoms with Gasteiger partial charge in [0.25, 0.3) is 0 Å². The average Bonchev–Trinajstić information content (AvgIpc) is 3.56. The second-order valence-corrected chi connectivity index (χ2v) is 13.4. The molecule has 1 fully saturated rings. The van der Waals surface area contributed by atoms with Crippen LogP contribution < -0.4 is 0 Å². The molecule has 1 saturated heterocycles. The summed E-state index contributed by atoms with van der Waals surface area (Å²) >= 11 is 0. The zero-order valence-electron chi connectivity index (χ0n) is 27.2. The summed E-state index contributed by atoms with van der Waals surface area (Å²) in [7, 11) is 1.84. The van der Waals surface area contributed by atoms with Crippen molar-refractivity contribution in [2.75, 3.05) is 13.2 Å². The molecule has 4 heterocycles. The molecule has 4 aliphatic rings. The van der Waals surface area contributed by atoms with E-state index in [1.807, 2.05) is 13.1 Å². The van der Waals surface area contributed by atoms with Crippen molar-refractivity contribution in [1.82, 2.24) is 9.55 Å². The van der Waals surface area contributed by atoms with E-state index in [0.29, 0.717) is 23.6 Å². The first kappa shape index (κ1) is 34.2. The molecule has 10 unspecified atom stereocenters. The summed E-state index contributed by atoms with van der Waals surface area (Å²) in [6.07, 6.45) is 9.21. The maximum atomic E-state index is 13.2. The number of aryl methyl sites for hydroxylation is 1. The van der Waals surface area contributed by atoms with Crippen molar-refractivity contribution in [3.05, 3.63) is 59.7 Å². The van der Waals surface area contributed by atoms with Gasteiger partial charge in [-0.05, 0) is 68.6 Å². The van der Waals surface area contributed by atoms with Gasteiger partial charge in [-0.2, -0.15) is 0 Å². The number of nitrogens with zero attached hydrogens (tertiary/aromatic N) is 2. The predicted molar refractivity (Wildman–Crippen MR) is 165 cm³/mol. The van der Waals surface area contributed by atoms with E-state index in [4.69, 9.17) is 23.7 Å². The van der Waals surface area contributed by atoms with Gasteiger partial charge < -0.3 is 43.6 Å². The third kappa shape index (κ3) is 7.22. The third-order valence-corrected chi connectivity index (χ3v) is 9.60. The van der Waals surface area contributed by atoms with Crippen LogP contribution in [0.15, 0.2) is 54.1 Å². The van der Waals surface area contributed by atoms with Crippen LogP contribution in [0.4, 0.5) is 0 Å². The SMILES string of the molecule is CC(=O)OC1C(OCC2=CC3C(CC(OC(=O)C=Cc4cn(C)cn4)C4(C)C=CC2(O)O4)C(C)=CCC3C(C)C)OCC(O)C1O. The van der Waals surface area contributed by atoms with Crippen LogP contribution in [0.1, 0.15) is 53.2 Å². The molecule has 0 aromatic carbocycles. The van der Waals surface area contributed by atoms with Gasteiger partial charge in [-0.1, -0.05) is 31.6 Å². The molecular weight excluding hydrogens is 596 g/mol. The zero-order valence-corrected chi connectivity index (χ0v) is 27.2. The topological polar surface area (TPSA) is 159 Å². The first-order valence-electron chi connectivity index (χ1n) is 15.8. The van der Waals surface area contributed by atoms with Crippen molar-refractivity contribution in [1.29, 1.82) is 0 Å². The fraction of sp³-hybridized carbons (Fsp3) is 0.618. The first-order chi connectivity index (χ1) is 21.7. The number of carbonyl (C=O) groups excluding carboxylic acids is 2. The molecule has 12 nitrogen and oxygen atoms in total. The summed E-state index contributed by atoms with van der Waals surface area (Å²) in [5, 5.41) is 32.7. The maximum Gasteiger partial charge on any atom is 0.331 e. The number of aliphatic hydroxyl groups is 3. The molecule has 2 bridgehead atoms. The fourth-order valence-corrected chi connectivity index (χ4v) is 6.94. The Bertz CT molecular complexity index is 1410. The van der Waals surface area contributed by atoms with Gasteiger partial charge in [-0.25, -0.2) is 9.78 Å². The van der Waals surface area contributed by atoms with E-state index in [9.17, 15) is 24.9 Å². The molecule has 1 aliphatic carbocycles. The van der Waals surface area contributed by atoms with Crippen LogP contribution in [0, 0.1) is 23.7 Å². The number of hydrogen-bond acceptors (Lipinski definition) is 11. The van der Waals surface area contributed by atoms with E-state index in [1.54, 1.807) is 36.2 Å². The highest BCUT2D eigenvalue weighted by atomic mass is 16.7. The van der Waals surface area contributed by atoms with E-state index in [-0.39, 0.29) is 31.0 Å². The number of aliphatic hydroxyl groups excluding tert-OH is 2. The monoisotopic (exact) mass is 642 g/mol. The lowest BCUT2D eigenvalue weighted by Crippen LogP contribution is -2.55. The molecule has 3 aliphatic heterocycles. The lowest BCUT2D eigenvalue weighted by molar-refractivity contribution is -0.276. The van der Waals surface area contributed by atoms with Crippen molar-refractivity contribution in [3.63, 3.8) is 0 Å². The molecule has 12 heteroatoms. The summed E-state index contributed by atoms with van der Waals surface area (Å²) in [6.45, 7) is 8.95. The lowest BCUT2D eigenvalue weighted by Gasteiger charge is -2.41. The third-order valence-electron chi connectivity index (χ3n) is 9.60. The van der Waals surface area contributed by atoms with Gasteiger partial charge in [0.05, 0.1) is 25.2 Å². The van der Waals surface area contributed by atoms with Crippen molar-refractivity contribution < 1.29 is 48.6 Å². The van der Waals surface area contributed by atoms with Gasteiger partial charge in [-0.3, -0.25) is 4.79 Å². The quantitative estimate of drug-likeness (QED) is 0.217. The van der Waals surface area contributed by atoms with Crippen LogP contribution in [0.25, 0.3) is 6.08 Å². The standard InChI is InChI=1S/C34H46N2O10/c1-19(2)24-9-7-20(3)25-14-28(45-29(39)10-8-23-15-36(6)18-35-23)33(5)11-12-34(41,46-33)22(13-26(24)25)16-42-32-31(44-21(4)37)30(40)27(38)17-43-32/h7-8,10-13,15,18-19,24-28,30-32,38,40-41H,9,14,16-17H2,1-6H3. The summed E-state index contributed by atoms with van der Waals surface area (Å²) in [4.78, 5) is 29.2. The first-order valence-corrected chi connectivity index (χ1v) is 15.8. The minimum absolute atomic E-state index is 0.0396. The van der Waals surface area contributed by atoms with Crippen LogP contribution in [0.5, 0.6) is 0 Å². The zero-order chi connectivity index (χ0) is 33.4. The molecule has 0 radical (unpaired) electrons. The number of aromatic nitrogens is 2. The average molecular weight is 643 g/mol.